The number of rotatable bonds is 5. The second kappa shape index (κ2) is 10.2. The van der Waals surface area contributed by atoms with Crippen LogP contribution in [0.15, 0.2) is 21.8 Å². The summed E-state index contributed by atoms with van der Waals surface area (Å²) in [7, 11) is 1.81. The lowest BCUT2D eigenvalue weighted by Gasteiger charge is -2.34. The number of nitrogens with zero attached hydrogens (tertiary/aromatic N) is 3. The Kier molecular flexibility index (Phi) is 8.26. The lowest BCUT2D eigenvalue weighted by atomic mass is 10.1. The Labute approximate surface area is 160 Å². The molecule has 0 saturated carbocycles. The van der Waals surface area contributed by atoms with E-state index in [2.05, 4.69) is 20.4 Å². The summed E-state index contributed by atoms with van der Waals surface area (Å²) in [6.45, 7) is 4.16. The molecule has 3 rings (SSSR count). The normalized spacial score (nSPS) is 22.5. The van der Waals surface area contributed by atoms with Crippen molar-refractivity contribution in [2.75, 3.05) is 33.4 Å². The van der Waals surface area contributed by atoms with E-state index in [1.807, 2.05) is 13.1 Å². The summed E-state index contributed by atoms with van der Waals surface area (Å²) in [5, 5.41) is 7.22. The molecule has 1 aromatic heterocycles. The molecule has 136 valence electrons. The van der Waals surface area contributed by atoms with Gasteiger partial charge in [0.2, 0.25) is 0 Å². The molecule has 2 fully saturated rings. The van der Waals surface area contributed by atoms with Crippen molar-refractivity contribution in [1.82, 2.24) is 15.4 Å². The average molecular weight is 450 g/mol. The molecule has 2 saturated heterocycles. The highest BCUT2D eigenvalue weighted by molar-refractivity contribution is 14.0. The Morgan fingerprint density at radius 3 is 2.88 bits per heavy atom. The predicted octanol–water partition coefficient (Wildman–Crippen LogP) is 2.03. The highest BCUT2D eigenvalue weighted by atomic mass is 127. The maximum atomic E-state index is 6.01. The van der Waals surface area contributed by atoms with E-state index in [1.54, 1.807) is 6.26 Å². The van der Waals surface area contributed by atoms with Gasteiger partial charge >= 0.3 is 0 Å². The minimum Gasteiger partial charge on any atom is -0.376 e. The molecule has 1 N–H and O–H groups in total. The molecule has 2 aliphatic heterocycles. The van der Waals surface area contributed by atoms with Crippen molar-refractivity contribution in [3.05, 3.63) is 18.0 Å². The number of halogens is 1. The first-order valence-electron chi connectivity index (χ1n) is 8.43. The van der Waals surface area contributed by atoms with E-state index in [0.717, 1.165) is 57.2 Å². The standard InChI is InChI=1S/C16H26N4O3.HI/c1-17-16(18-11-13-6-10-23-19-13)20-7-4-14(5-8-20)22-12-15-3-2-9-21-15;/h6,10,14-15H,2-5,7-9,11-12H2,1H3,(H,17,18);1H. The third-order valence-electron chi connectivity index (χ3n) is 4.41. The molecule has 1 atom stereocenters. The van der Waals surface area contributed by atoms with E-state index in [4.69, 9.17) is 14.0 Å². The number of aliphatic imine (C=N–C) groups is 1. The molecule has 3 heterocycles. The number of hydrogen-bond donors (Lipinski definition) is 1. The molecule has 8 heteroatoms. The van der Waals surface area contributed by atoms with Gasteiger partial charge in [0.1, 0.15) is 12.0 Å². The molecule has 2 aliphatic rings. The number of aromatic nitrogens is 1. The minimum atomic E-state index is 0. The van der Waals surface area contributed by atoms with Gasteiger partial charge in [-0.1, -0.05) is 5.16 Å². The summed E-state index contributed by atoms with van der Waals surface area (Å²) in [6, 6.07) is 1.85. The van der Waals surface area contributed by atoms with Gasteiger partial charge in [0, 0.05) is 32.8 Å². The van der Waals surface area contributed by atoms with Gasteiger partial charge in [0.25, 0.3) is 0 Å². The number of ether oxygens (including phenoxy) is 2. The monoisotopic (exact) mass is 450 g/mol. The van der Waals surface area contributed by atoms with E-state index >= 15 is 0 Å². The van der Waals surface area contributed by atoms with Gasteiger partial charge in [-0.2, -0.15) is 0 Å². The van der Waals surface area contributed by atoms with Crippen LogP contribution >= 0.6 is 24.0 Å². The first-order valence-corrected chi connectivity index (χ1v) is 8.43. The predicted molar refractivity (Wildman–Crippen MR) is 102 cm³/mol. The molecule has 0 radical (unpaired) electrons. The van der Waals surface area contributed by atoms with Crippen LogP contribution in [0.3, 0.4) is 0 Å². The average Bonchev–Trinajstić information content (AvgIpc) is 3.28. The zero-order chi connectivity index (χ0) is 15.9. The molecule has 7 nitrogen and oxygen atoms in total. The third kappa shape index (κ3) is 5.59. The van der Waals surface area contributed by atoms with Gasteiger partial charge in [-0.25, -0.2) is 0 Å². The van der Waals surface area contributed by atoms with E-state index in [9.17, 15) is 0 Å². The van der Waals surface area contributed by atoms with E-state index in [-0.39, 0.29) is 24.0 Å². The largest absolute Gasteiger partial charge is 0.376 e. The van der Waals surface area contributed by atoms with E-state index < -0.39 is 0 Å². The van der Waals surface area contributed by atoms with Gasteiger partial charge in [0.05, 0.1) is 25.4 Å². The first-order chi connectivity index (χ1) is 11.3. The fourth-order valence-corrected chi connectivity index (χ4v) is 3.08. The Morgan fingerprint density at radius 2 is 2.25 bits per heavy atom. The SMILES string of the molecule is CN=C(NCc1ccon1)N1CCC(OCC2CCCO2)CC1.I. The Morgan fingerprint density at radius 1 is 1.42 bits per heavy atom. The summed E-state index contributed by atoms with van der Waals surface area (Å²) < 4.78 is 16.5. The highest BCUT2D eigenvalue weighted by Crippen LogP contribution is 2.17. The smallest absolute Gasteiger partial charge is 0.193 e. The Balaban J connectivity index is 0.00000208. The van der Waals surface area contributed by atoms with E-state index in [1.165, 1.54) is 6.42 Å². The first kappa shape index (κ1) is 19.5. The summed E-state index contributed by atoms with van der Waals surface area (Å²) in [4.78, 5) is 6.63. The fraction of sp³-hybridized carbons (Fsp3) is 0.750. The van der Waals surface area contributed by atoms with Crippen LogP contribution in [0.25, 0.3) is 0 Å². The lowest BCUT2D eigenvalue weighted by Crippen LogP contribution is -2.47. The summed E-state index contributed by atoms with van der Waals surface area (Å²) in [5.41, 5.74) is 0.876. The van der Waals surface area contributed by atoms with Gasteiger partial charge in [-0.3, -0.25) is 4.99 Å². The van der Waals surface area contributed by atoms with Crippen LogP contribution in [0.1, 0.15) is 31.4 Å². The third-order valence-corrected chi connectivity index (χ3v) is 4.41. The summed E-state index contributed by atoms with van der Waals surface area (Å²) in [5.74, 6) is 0.908. The number of guanidine groups is 1. The van der Waals surface area contributed by atoms with Crippen LogP contribution in [-0.4, -0.2) is 61.6 Å². The van der Waals surface area contributed by atoms with Crippen molar-refractivity contribution >= 4 is 29.9 Å². The second-order valence-corrected chi connectivity index (χ2v) is 6.05. The Hall–Kier alpha value is -0.870. The Bertz CT molecular complexity index is 484. The second-order valence-electron chi connectivity index (χ2n) is 6.05. The van der Waals surface area contributed by atoms with Crippen LogP contribution < -0.4 is 5.32 Å². The van der Waals surface area contributed by atoms with Crippen LogP contribution in [0.2, 0.25) is 0 Å². The molecule has 1 unspecified atom stereocenters. The maximum Gasteiger partial charge on any atom is 0.193 e. The van der Waals surface area contributed by atoms with Crippen LogP contribution in [-0.2, 0) is 16.0 Å². The van der Waals surface area contributed by atoms with Gasteiger partial charge < -0.3 is 24.2 Å². The number of likely N-dealkylation sites (tertiary alicyclic amines) is 1. The molecule has 0 spiro atoms. The lowest BCUT2D eigenvalue weighted by molar-refractivity contribution is -0.0367. The van der Waals surface area contributed by atoms with Gasteiger partial charge in [0.15, 0.2) is 5.96 Å². The molecule has 0 aliphatic carbocycles. The van der Waals surface area contributed by atoms with Crippen molar-refractivity contribution < 1.29 is 14.0 Å². The number of hydrogen-bond acceptors (Lipinski definition) is 5. The van der Waals surface area contributed by atoms with Crippen molar-refractivity contribution in [3.63, 3.8) is 0 Å². The zero-order valence-electron chi connectivity index (χ0n) is 14.1. The zero-order valence-corrected chi connectivity index (χ0v) is 16.5. The van der Waals surface area contributed by atoms with Crippen LogP contribution in [0.5, 0.6) is 0 Å². The number of nitrogens with one attached hydrogen (secondary N) is 1. The van der Waals surface area contributed by atoms with Crippen molar-refractivity contribution in [2.24, 2.45) is 4.99 Å². The molecular formula is C16H27IN4O3. The summed E-state index contributed by atoms with van der Waals surface area (Å²) in [6.07, 6.45) is 6.58. The number of piperidine rings is 1. The van der Waals surface area contributed by atoms with Crippen molar-refractivity contribution in [2.45, 2.75) is 44.4 Å². The summed E-state index contributed by atoms with van der Waals surface area (Å²) >= 11 is 0. The van der Waals surface area contributed by atoms with Gasteiger partial charge in [-0.05, 0) is 25.7 Å². The maximum absolute atomic E-state index is 6.01. The molecule has 0 aromatic carbocycles. The van der Waals surface area contributed by atoms with E-state index in [0.29, 0.717) is 18.8 Å². The minimum absolute atomic E-state index is 0. The highest BCUT2D eigenvalue weighted by Gasteiger charge is 2.24. The molecule has 0 bridgehead atoms. The van der Waals surface area contributed by atoms with Crippen molar-refractivity contribution in [3.8, 4) is 0 Å². The van der Waals surface area contributed by atoms with Gasteiger partial charge in [-0.15, -0.1) is 24.0 Å². The van der Waals surface area contributed by atoms with Crippen molar-refractivity contribution in [1.29, 1.82) is 0 Å². The molecule has 1 aromatic rings. The topological polar surface area (TPSA) is 72.1 Å². The molecular weight excluding hydrogens is 423 g/mol. The van der Waals surface area contributed by atoms with Crippen LogP contribution in [0, 0.1) is 0 Å². The fourth-order valence-electron chi connectivity index (χ4n) is 3.08. The molecule has 24 heavy (non-hydrogen) atoms. The van der Waals surface area contributed by atoms with Crippen LogP contribution in [0.4, 0.5) is 0 Å². The quantitative estimate of drug-likeness (QED) is 0.421. The molecule has 0 amide bonds.